The molecule has 0 bridgehead atoms. The zero-order chi connectivity index (χ0) is 25.0. The van der Waals surface area contributed by atoms with Crippen molar-refractivity contribution in [2.75, 3.05) is 0 Å². The highest BCUT2D eigenvalue weighted by Gasteiger charge is 2.30. The van der Waals surface area contributed by atoms with Gasteiger partial charge in [-0.2, -0.15) is 0 Å². The molecule has 0 aliphatic heterocycles. The second-order valence-corrected chi connectivity index (χ2v) is 7.80. The Morgan fingerprint density at radius 1 is 0.688 bits per heavy atom. The standard InChI is InChI=1S/C19H32N4O9/c1-9(2)8-13(19(31)32)23-18(30)12(5-7-15(26)27)22-17(29)11(4-6-14(24)25)21-16(28)10(3)20/h9-13H,4-8,20H2,1-3H3,(H,21,28)(H,22,29)(H,23,30)(H,24,25)(H,26,27)(H,31,32). The molecule has 0 saturated carbocycles. The average Bonchev–Trinajstić information content (AvgIpc) is 2.66. The first-order valence-electron chi connectivity index (χ1n) is 10.1. The summed E-state index contributed by atoms with van der Waals surface area (Å²) in [5, 5.41) is 33.9. The minimum absolute atomic E-state index is 0.0719. The van der Waals surface area contributed by atoms with Gasteiger partial charge in [-0.25, -0.2) is 4.79 Å². The van der Waals surface area contributed by atoms with Crippen molar-refractivity contribution in [3.63, 3.8) is 0 Å². The number of nitrogens with two attached hydrogens (primary N) is 1. The van der Waals surface area contributed by atoms with Gasteiger partial charge in [-0.1, -0.05) is 13.8 Å². The first-order valence-corrected chi connectivity index (χ1v) is 10.1. The van der Waals surface area contributed by atoms with Crippen molar-refractivity contribution in [3.05, 3.63) is 0 Å². The first kappa shape index (κ1) is 28.8. The molecular formula is C19H32N4O9. The molecule has 8 N–H and O–H groups in total. The third-order valence-corrected chi connectivity index (χ3v) is 4.29. The van der Waals surface area contributed by atoms with Crippen molar-refractivity contribution in [3.8, 4) is 0 Å². The lowest BCUT2D eigenvalue weighted by Crippen LogP contribution is -2.57. The van der Waals surface area contributed by atoms with Crippen LogP contribution in [0.25, 0.3) is 0 Å². The Balaban J connectivity index is 5.54. The normalized spacial score (nSPS) is 14.5. The Bertz CT molecular complexity index is 709. The molecule has 32 heavy (non-hydrogen) atoms. The van der Waals surface area contributed by atoms with E-state index in [1.807, 2.05) is 0 Å². The zero-order valence-electron chi connectivity index (χ0n) is 18.3. The summed E-state index contributed by atoms with van der Waals surface area (Å²) in [4.78, 5) is 70.4. The molecule has 0 heterocycles. The molecule has 13 heteroatoms. The first-order chi connectivity index (χ1) is 14.7. The number of amides is 3. The predicted octanol–water partition coefficient (Wildman–Crippen LogP) is -1.35. The largest absolute Gasteiger partial charge is 0.481 e. The van der Waals surface area contributed by atoms with Gasteiger partial charge in [-0.3, -0.25) is 24.0 Å². The highest BCUT2D eigenvalue weighted by molar-refractivity contribution is 5.94. The quantitative estimate of drug-likeness (QED) is 0.152. The lowest BCUT2D eigenvalue weighted by molar-refractivity contribution is -0.143. The maximum atomic E-state index is 12.7. The van der Waals surface area contributed by atoms with E-state index >= 15 is 0 Å². The van der Waals surface area contributed by atoms with Gasteiger partial charge >= 0.3 is 17.9 Å². The van der Waals surface area contributed by atoms with Gasteiger partial charge in [0.2, 0.25) is 17.7 Å². The van der Waals surface area contributed by atoms with Crippen molar-refractivity contribution in [1.29, 1.82) is 0 Å². The smallest absolute Gasteiger partial charge is 0.326 e. The third-order valence-electron chi connectivity index (χ3n) is 4.29. The van der Waals surface area contributed by atoms with E-state index in [1.54, 1.807) is 13.8 Å². The Labute approximate surface area is 185 Å². The summed E-state index contributed by atoms with van der Waals surface area (Å²) in [6.45, 7) is 4.85. The third kappa shape index (κ3) is 11.8. The molecule has 0 saturated heterocycles. The van der Waals surface area contributed by atoms with Crippen molar-refractivity contribution < 1.29 is 44.1 Å². The molecular weight excluding hydrogens is 428 g/mol. The Morgan fingerprint density at radius 3 is 1.38 bits per heavy atom. The lowest BCUT2D eigenvalue weighted by Gasteiger charge is -2.25. The van der Waals surface area contributed by atoms with Crippen LogP contribution < -0.4 is 21.7 Å². The van der Waals surface area contributed by atoms with E-state index in [4.69, 9.17) is 15.9 Å². The summed E-state index contributed by atoms with van der Waals surface area (Å²) < 4.78 is 0. The number of carboxylic acid groups (broad SMARTS) is 3. The summed E-state index contributed by atoms with van der Waals surface area (Å²) in [6, 6.07) is -5.02. The van der Waals surface area contributed by atoms with Crippen LogP contribution in [0.15, 0.2) is 0 Å². The molecule has 0 radical (unpaired) electrons. The summed E-state index contributed by atoms with van der Waals surface area (Å²) in [7, 11) is 0. The van der Waals surface area contributed by atoms with Crippen LogP contribution in [0.4, 0.5) is 0 Å². The molecule has 0 aromatic carbocycles. The fourth-order valence-electron chi connectivity index (χ4n) is 2.61. The maximum Gasteiger partial charge on any atom is 0.326 e. The molecule has 182 valence electrons. The molecule has 0 rings (SSSR count). The van der Waals surface area contributed by atoms with Gasteiger partial charge in [-0.15, -0.1) is 0 Å². The van der Waals surface area contributed by atoms with Crippen molar-refractivity contribution in [1.82, 2.24) is 16.0 Å². The van der Waals surface area contributed by atoms with Crippen LogP contribution in [-0.4, -0.2) is 75.1 Å². The van der Waals surface area contributed by atoms with Gasteiger partial charge in [0.1, 0.15) is 18.1 Å². The van der Waals surface area contributed by atoms with Gasteiger partial charge in [0.15, 0.2) is 0 Å². The number of hydrogen-bond donors (Lipinski definition) is 7. The molecule has 4 atom stereocenters. The number of aliphatic carboxylic acids is 3. The van der Waals surface area contributed by atoms with E-state index in [9.17, 15) is 33.9 Å². The fourth-order valence-corrected chi connectivity index (χ4v) is 2.61. The molecule has 0 aliphatic rings. The summed E-state index contributed by atoms with van der Waals surface area (Å²) in [5.74, 6) is -6.41. The number of nitrogens with one attached hydrogen (secondary N) is 3. The molecule has 0 aromatic heterocycles. The van der Waals surface area contributed by atoms with Crippen LogP contribution in [0.1, 0.15) is 52.9 Å². The average molecular weight is 460 g/mol. The van der Waals surface area contributed by atoms with Gasteiger partial charge in [0, 0.05) is 12.8 Å². The Hall–Kier alpha value is -3.22. The van der Waals surface area contributed by atoms with E-state index in [-0.39, 0.29) is 25.2 Å². The van der Waals surface area contributed by atoms with Crippen LogP contribution in [0.2, 0.25) is 0 Å². The van der Waals surface area contributed by atoms with Crippen LogP contribution in [0, 0.1) is 5.92 Å². The second kappa shape index (κ2) is 14.0. The van der Waals surface area contributed by atoms with Gasteiger partial charge < -0.3 is 37.0 Å². The molecule has 4 unspecified atom stereocenters. The number of rotatable bonds is 15. The van der Waals surface area contributed by atoms with E-state index < -0.39 is 72.6 Å². The summed E-state index contributed by atoms with van der Waals surface area (Å²) in [6.07, 6.45) is -1.54. The fraction of sp³-hybridized carbons (Fsp3) is 0.684. The maximum absolute atomic E-state index is 12.7. The molecule has 3 amide bonds. The summed E-state index contributed by atoms with van der Waals surface area (Å²) in [5.41, 5.74) is 5.45. The Morgan fingerprint density at radius 2 is 1.06 bits per heavy atom. The molecule has 0 fully saturated rings. The van der Waals surface area contributed by atoms with Crippen LogP contribution in [0.5, 0.6) is 0 Å². The highest BCUT2D eigenvalue weighted by Crippen LogP contribution is 2.08. The van der Waals surface area contributed by atoms with Gasteiger partial charge in [0.05, 0.1) is 6.04 Å². The van der Waals surface area contributed by atoms with Crippen LogP contribution in [0.3, 0.4) is 0 Å². The van der Waals surface area contributed by atoms with E-state index in [2.05, 4.69) is 16.0 Å². The van der Waals surface area contributed by atoms with E-state index in [0.29, 0.717) is 0 Å². The van der Waals surface area contributed by atoms with Crippen LogP contribution in [-0.2, 0) is 28.8 Å². The molecule has 0 aromatic rings. The molecule has 0 spiro atoms. The van der Waals surface area contributed by atoms with Gasteiger partial charge in [-0.05, 0) is 32.1 Å². The SMILES string of the molecule is CC(C)CC(NC(=O)C(CCC(=O)O)NC(=O)C(CCC(=O)O)NC(=O)C(C)N)C(=O)O. The van der Waals surface area contributed by atoms with Crippen molar-refractivity contribution in [2.45, 2.75) is 77.0 Å². The number of carbonyl (C=O) groups excluding carboxylic acids is 3. The lowest BCUT2D eigenvalue weighted by atomic mass is 10.0. The number of carboxylic acids is 3. The highest BCUT2D eigenvalue weighted by atomic mass is 16.4. The Kier molecular flexibility index (Phi) is 12.6. The van der Waals surface area contributed by atoms with Crippen molar-refractivity contribution >= 4 is 35.6 Å². The minimum atomic E-state index is -1.42. The summed E-state index contributed by atoms with van der Waals surface area (Å²) >= 11 is 0. The van der Waals surface area contributed by atoms with Crippen molar-refractivity contribution in [2.24, 2.45) is 11.7 Å². The minimum Gasteiger partial charge on any atom is -0.481 e. The van der Waals surface area contributed by atoms with E-state index in [1.165, 1.54) is 6.92 Å². The predicted molar refractivity (Wildman–Crippen MR) is 110 cm³/mol. The van der Waals surface area contributed by atoms with Crippen LogP contribution >= 0.6 is 0 Å². The number of hydrogen-bond acceptors (Lipinski definition) is 7. The van der Waals surface area contributed by atoms with E-state index in [0.717, 1.165) is 0 Å². The monoisotopic (exact) mass is 460 g/mol. The zero-order valence-corrected chi connectivity index (χ0v) is 18.3. The number of carbonyl (C=O) groups is 6. The van der Waals surface area contributed by atoms with Gasteiger partial charge in [0.25, 0.3) is 0 Å². The molecule has 0 aliphatic carbocycles. The topological polar surface area (TPSA) is 225 Å². The molecule has 13 nitrogen and oxygen atoms in total. The second-order valence-electron chi connectivity index (χ2n) is 7.80.